The lowest BCUT2D eigenvalue weighted by atomic mass is 10.0. The molecule has 1 aliphatic rings. The first kappa shape index (κ1) is 28.8. The minimum absolute atomic E-state index is 0.0646. The highest BCUT2D eigenvalue weighted by Gasteiger charge is 2.35. The molecule has 0 saturated heterocycles. The number of aryl methyl sites for hydroxylation is 2. The Labute approximate surface area is 239 Å². The second-order valence-corrected chi connectivity index (χ2v) is 12.2. The van der Waals surface area contributed by atoms with Crippen LogP contribution in [0.15, 0.2) is 76.0 Å². The molecule has 0 saturated carbocycles. The number of rotatable bonds is 6. The Bertz CT molecular complexity index is 1770. The van der Waals surface area contributed by atoms with Gasteiger partial charge in [-0.15, -0.1) is 0 Å². The number of hydrogen-bond donors (Lipinski definition) is 1. The standard InChI is InChI=1S/C28H25ClF3N5O3S/c1-16-4-6-18(7-5-16)25-13-33-35-37(25)24-11-19(20-10-22(29)21(15-38)26(12-20)41(3,39)40)8-9-23(24)36-14-27(28(30,31)32)34-17(36)2/h4-12,14,25,38H,13,15H2,1-3H3. The van der Waals surface area contributed by atoms with E-state index in [-0.39, 0.29) is 27.3 Å². The van der Waals surface area contributed by atoms with Gasteiger partial charge in [-0.3, -0.25) is 0 Å². The molecule has 0 bridgehead atoms. The fraction of sp³-hybridized carbons (Fsp3) is 0.250. The van der Waals surface area contributed by atoms with Gasteiger partial charge in [0, 0.05) is 23.0 Å². The summed E-state index contributed by atoms with van der Waals surface area (Å²) in [5.41, 5.74) is 2.77. The fourth-order valence-corrected chi connectivity index (χ4v) is 6.08. The smallest absolute Gasteiger partial charge is 0.392 e. The molecule has 3 aromatic carbocycles. The monoisotopic (exact) mass is 603 g/mol. The van der Waals surface area contributed by atoms with Gasteiger partial charge in [0.05, 0.1) is 29.4 Å². The number of sulfone groups is 1. The van der Waals surface area contributed by atoms with Gasteiger partial charge in [0.1, 0.15) is 11.9 Å². The van der Waals surface area contributed by atoms with Crippen LogP contribution in [0.4, 0.5) is 18.9 Å². The first-order chi connectivity index (χ1) is 19.3. The maximum Gasteiger partial charge on any atom is 0.434 e. The van der Waals surface area contributed by atoms with E-state index in [1.54, 1.807) is 23.2 Å². The molecule has 4 aromatic rings. The Morgan fingerprint density at radius 1 is 1.02 bits per heavy atom. The molecule has 214 valence electrons. The zero-order valence-electron chi connectivity index (χ0n) is 22.2. The highest BCUT2D eigenvalue weighted by atomic mass is 35.5. The van der Waals surface area contributed by atoms with Crippen molar-refractivity contribution in [3.63, 3.8) is 0 Å². The molecule has 5 rings (SSSR count). The molecule has 2 heterocycles. The Hall–Kier alpha value is -3.74. The van der Waals surface area contributed by atoms with Crippen LogP contribution < -0.4 is 5.01 Å². The molecule has 13 heteroatoms. The molecule has 1 atom stereocenters. The highest BCUT2D eigenvalue weighted by molar-refractivity contribution is 7.90. The van der Waals surface area contributed by atoms with Crippen LogP contribution in [0.5, 0.6) is 0 Å². The number of aromatic nitrogens is 2. The van der Waals surface area contributed by atoms with Gasteiger partial charge >= 0.3 is 6.18 Å². The molecule has 0 aliphatic carbocycles. The lowest BCUT2D eigenvalue weighted by molar-refractivity contribution is -0.141. The third kappa shape index (κ3) is 5.59. The summed E-state index contributed by atoms with van der Waals surface area (Å²) >= 11 is 6.38. The number of hydrogen-bond acceptors (Lipinski definition) is 7. The van der Waals surface area contributed by atoms with Crippen LogP contribution in [-0.2, 0) is 22.6 Å². The highest BCUT2D eigenvalue weighted by Crippen LogP contribution is 2.41. The van der Waals surface area contributed by atoms with Gasteiger partial charge in [-0.2, -0.15) is 18.3 Å². The van der Waals surface area contributed by atoms with Crippen molar-refractivity contribution in [2.24, 2.45) is 10.3 Å². The first-order valence-electron chi connectivity index (χ1n) is 12.4. The Morgan fingerprint density at radius 2 is 1.73 bits per heavy atom. The summed E-state index contributed by atoms with van der Waals surface area (Å²) in [4.78, 5) is 3.60. The van der Waals surface area contributed by atoms with Gasteiger partial charge in [0.2, 0.25) is 0 Å². The van der Waals surface area contributed by atoms with Crippen LogP contribution in [0.3, 0.4) is 0 Å². The molecule has 1 N–H and O–H groups in total. The third-order valence-electron chi connectivity index (χ3n) is 6.87. The van der Waals surface area contributed by atoms with Crippen LogP contribution in [0, 0.1) is 13.8 Å². The quantitative estimate of drug-likeness (QED) is 0.266. The number of benzene rings is 3. The number of nitrogens with zero attached hydrogens (tertiary/aromatic N) is 5. The van der Waals surface area contributed by atoms with E-state index in [0.717, 1.165) is 23.6 Å². The zero-order valence-corrected chi connectivity index (χ0v) is 23.8. The summed E-state index contributed by atoms with van der Waals surface area (Å²) in [6.07, 6.45) is -2.69. The van der Waals surface area contributed by atoms with E-state index in [9.17, 15) is 26.7 Å². The molecule has 0 fully saturated rings. The van der Waals surface area contributed by atoms with Crippen LogP contribution in [-0.4, -0.2) is 35.9 Å². The van der Waals surface area contributed by atoms with E-state index in [2.05, 4.69) is 15.3 Å². The lowest BCUT2D eigenvalue weighted by Gasteiger charge is -2.26. The average molecular weight is 604 g/mol. The molecule has 1 unspecified atom stereocenters. The molecule has 1 aromatic heterocycles. The van der Waals surface area contributed by atoms with Gasteiger partial charge < -0.3 is 9.67 Å². The minimum atomic E-state index is -4.64. The number of halogens is 4. The Balaban J connectivity index is 1.72. The number of alkyl halides is 3. The van der Waals surface area contributed by atoms with Crippen molar-refractivity contribution in [3.05, 3.63) is 94.0 Å². The fourth-order valence-electron chi connectivity index (χ4n) is 4.78. The van der Waals surface area contributed by atoms with Crippen molar-refractivity contribution in [1.82, 2.24) is 9.55 Å². The maximum atomic E-state index is 13.5. The normalized spacial score (nSPS) is 15.6. The maximum absolute atomic E-state index is 13.5. The van der Waals surface area contributed by atoms with Gasteiger partial charge in [0.25, 0.3) is 0 Å². The van der Waals surface area contributed by atoms with Crippen molar-refractivity contribution in [2.45, 2.75) is 37.6 Å². The topological polar surface area (TPSA) is 100 Å². The average Bonchev–Trinajstić information content (AvgIpc) is 3.55. The number of aliphatic hydroxyl groups is 1. The number of imidazole rings is 1. The van der Waals surface area contributed by atoms with Gasteiger partial charge in [-0.05, 0) is 54.8 Å². The number of anilines is 1. The van der Waals surface area contributed by atoms with Crippen molar-refractivity contribution >= 4 is 27.1 Å². The summed E-state index contributed by atoms with van der Waals surface area (Å²) in [6.45, 7) is 3.18. The molecular formula is C28H25ClF3N5O3S. The van der Waals surface area contributed by atoms with Crippen LogP contribution >= 0.6 is 11.6 Å². The third-order valence-corrected chi connectivity index (χ3v) is 8.37. The van der Waals surface area contributed by atoms with Crippen molar-refractivity contribution in [1.29, 1.82) is 0 Å². The van der Waals surface area contributed by atoms with Crippen molar-refractivity contribution in [2.75, 3.05) is 17.8 Å². The second kappa shape index (κ2) is 10.6. The first-order valence-corrected chi connectivity index (χ1v) is 14.7. The van der Waals surface area contributed by atoms with E-state index >= 15 is 0 Å². The van der Waals surface area contributed by atoms with Gasteiger partial charge in [-0.25, -0.2) is 18.4 Å². The molecule has 41 heavy (non-hydrogen) atoms. The summed E-state index contributed by atoms with van der Waals surface area (Å²) in [6, 6.07) is 15.4. The minimum Gasteiger partial charge on any atom is -0.392 e. The van der Waals surface area contributed by atoms with Gasteiger partial charge in [0.15, 0.2) is 15.5 Å². The van der Waals surface area contributed by atoms with Crippen molar-refractivity contribution < 1.29 is 26.7 Å². The molecule has 0 radical (unpaired) electrons. The molecule has 0 amide bonds. The van der Waals surface area contributed by atoms with E-state index < -0.39 is 28.3 Å². The SMILES string of the molecule is Cc1ccc(C2CN=NN2c2cc(-c3cc(Cl)c(CO)c(S(C)(=O)=O)c3)ccc2-n2cc(C(F)(F)F)nc2C)cc1. The Kier molecular flexibility index (Phi) is 7.43. The summed E-state index contributed by atoms with van der Waals surface area (Å²) in [5, 5.41) is 20.0. The largest absolute Gasteiger partial charge is 0.434 e. The summed E-state index contributed by atoms with van der Waals surface area (Å²) < 4.78 is 66.9. The number of aliphatic hydroxyl groups excluding tert-OH is 1. The second-order valence-electron chi connectivity index (χ2n) is 9.79. The van der Waals surface area contributed by atoms with Crippen LogP contribution in [0.1, 0.15) is 34.3 Å². The molecule has 1 aliphatic heterocycles. The predicted octanol–water partition coefficient (Wildman–Crippen LogP) is 6.65. The van der Waals surface area contributed by atoms with E-state index in [0.29, 0.717) is 29.0 Å². The Morgan fingerprint density at radius 3 is 2.34 bits per heavy atom. The van der Waals surface area contributed by atoms with E-state index in [1.807, 2.05) is 31.2 Å². The van der Waals surface area contributed by atoms with Crippen molar-refractivity contribution in [3.8, 4) is 16.8 Å². The predicted molar refractivity (Wildman–Crippen MR) is 149 cm³/mol. The molecular weight excluding hydrogens is 579 g/mol. The lowest BCUT2D eigenvalue weighted by Crippen LogP contribution is -2.22. The molecule has 0 spiro atoms. The van der Waals surface area contributed by atoms with Gasteiger partial charge in [-0.1, -0.05) is 52.7 Å². The molecule has 8 nitrogen and oxygen atoms in total. The van der Waals surface area contributed by atoms with Crippen LogP contribution in [0.2, 0.25) is 5.02 Å². The van der Waals surface area contributed by atoms with Crippen LogP contribution in [0.25, 0.3) is 16.8 Å². The van der Waals surface area contributed by atoms with E-state index in [4.69, 9.17) is 11.6 Å². The zero-order chi connectivity index (χ0) is 29.7. The summed E-state index contributed by atoms with van der Waals surface area (Å²) in [5.74, 6) is 0.115. The summed E-state index contributed by atoms with van der Waals surface area (Å²) in [7, 11) is -3.75. The van der Waals surface area contributed by atoms with E-state index in [1.165, 1.54) is 23.6 Å².